The topological polar surface area (TPSA) is 30.0 Å². The number of benzene rings is 2. The zero-order chi connectivity index (χ0) is 14.0. The molecule has 0 unspecified atom stereocenters. The number of pyridine rings is 1. The summed E-state index contributed by atoms with van der Waals surface area (Å²) >= 11 is 0. The molecule has 2 nitrogen and oxygen atoms in total. The molecule has 20 heavy (non-hydrogen) atoms. The summed E-state index contributed by atoms with van der Waals surface area (Å²) in [7, 11) is -1.79. The van der Waals surface area contributed by atoms with Crippen molar-refractivity contribution in [3.05, 3.63) is 91.3 Å². The van der Waals surface area contributed by atoms with Crippen molar-refractivity contribution in [1.29, 1.82) is 0 Å². The molecular weight excluding hydrogens is 265 g/mol. The Bertz CT molecular complexity index is 559. The molecule has 100 valence electrons. The fraction of sp³-hybridized carbons (Fsp3) is 0. The van der Waals surface area contributed by atoms with E-state index in [1.165, 1.54) is 0 Å². The standard InChI is InChI=1S/C12H11OP.C5H5N/c13-14(11-7-3-1-4-8-11)12-9-5-2-6-10-12;1-2-4-6-5-3-1/h1-10,14H;1-5H. The van der Waals surface area contributed by atoms with Gasteiger partial charge in [-0.3, -0.25) is 4.98 Å². The third-order valence-corrected chi connectivity index (χ3v) is 4.35. The molecule has 3 heteroatoms. The summed E-state index contributed by atoms with van der Waals surface area (Å²) in [5.41, 5.74) is 0. The van der Waals surface area contributed by atoms with Crippen LogP contribution in [0.1, 0.15) is 0 Å². The molecule has 0 aliphatic carbocycles. The number of hydrogen-bond acceptors (Lipinski definition) is 2. The number of rotatable bonds is 2. The molecule has 0 N–H and O–H groups in total. The smallest absolute Gasteiger partial charge is 0.131 e. The van der Waals surface area contributed by atoms with Gasteiger partial charge in [0.25, 0.3) is 0 Å². The maximum Gasteiger partial charge on any atom is 0.131 e. The van der Waals surface area contributed by atoms with Gasteiger partial charge in [-0.15, -0.1) is 0 Å². The molecule has 0 aliphatic rings. The Balaban J connectivity index is 0.000000205. The maximum atomic E-state index is 12.0. The highest BCUT2D eigenvalue weighted by Gasteiger charge is 2.03. The normalized spacial score (nSPS) is 9.65. The molecule has 3 rings (SSSR count). The van der Waals surface area contributed by atoms with Crippen molar-refractivity contribution in [3.63, 3.8) is 0 Å². The second kappa shape index (κ2) is 8.08. The van der Waals surface area contributed by atoms with Crippen LogP contribution >= 0.6 is 7.80 Å². The van der Waals surface area contributed by atoms with Crippen LogP contribution in [0.5, 0.6) is 0 Å². The molecule has 0 fully saturated rings. The van der Waals surface area contributed by atoms with Gasteiger partial charge in [-0.1, -0.05) is 66.7 Å². The van der Waals surface area contributed by atoms with Crippen LogP contribution < -0.4 is 10.6 Å². The highest BCUT2D eigenvalue weighted by atomic mass is 31.1. The van der Waals surface area contributed by atoms with Gasteiger partial charge in [-0.05, 0) is 12.1 Å². The second-order valence-electron chi connectivity index (χ2n) is 4.09. The van der Waals surface area contributed by atoms with Crippen LogP contribution in [0.15, 0.2) is 91.3 Å². The quantitative estimate of drug-likeness (QED) is 0.675. The minimum absolute atomic E-state index is 0.920. The third kappa shape index (κ3) is 4.49. The molecule has 0 atom stereocenters. The van der Waals surface area contributed by atoms with Crippen molar-refractivity contribution < 1.29 is 4.57 Å². The Morgan fingerprint density at radius 1 is 0.600 bits per heavy atom. The molecule has 1 heterocycles. The highest BCUT2D eigenvalue weighted by molar-refractivity contribution is 7.61. The third-order valence-electron chi connectivity index (χ3n) is 2.64. The summed E-state index contributed by atoms with van der Waals surface area (Å²) in [5.74, 6) is 0. The number of hydrogen-bond donors (Lipinski definition) is 0. The van der Waals surface area contributed by atoms with Crippen molar-refractivity contribution in [3.8, 4) is 0 Å². The van der Waals surface area contributed by atoms with Gasteiger partial charge < -0.3 is 4.57 Å². The fourth-order valence-electron chi connectivity index (χ4n) is 1.66. The van der Waals surface area contributed by atoms with Gasteiger partial charge in [0.05, 0.1) is 0 Å². The van der Waals surface area contributed by atoms with Crippen LogP contribution in [0.2, 0.25) is 0 Å². The van der Waals surface area contributed by atoms with Gasteiger partial charge in [-0.2, -0.15) is 0 Å². The molecule has 1 aromatic heterocycles. The summed E-state index contributed by atoms with van der Waals surface area (Å²) in [6.07, 6.45) is 3.50. The van der Waals surface area contributed by atoms with E-state index in [0.717, 1.165) is 10.6 Å². The lowest BCUT2D eigenvalue weighted by Crippen LogP contribution is -2.04. The largest absolute Gasteiger partial charge is 0.317 e. The minimum atomic E-state index is -1.79. The Hall–Kier alpha value is -2.18. The van der Waals surface area contributed by atoms with E-state index in [1.54, 1.807) is 12.4 Å². The molecule has 0 spiro atoms. The first-order valence-corrected chi connectivity index (χ1v) is 7.78. The van der Waals surface area contributed by atoms with Gasteiger partial charge in [0.15, 0.2) is 0 Å². The monoisotopic (exact) mass is 281 g/mol. The molecule has 0 radical (unpaired) electrons. The first kappa shape index (κ1) is 14.2. The lowest BCUT2D eigenvalue weighted by molar-refractivity contribution is 0.598. The summed E-state index contributed by atoms with van der Waals surface area (Å²) in [5, 5.41) is 1.84. The van der Waals surface area contributed by atoms with Crippen LogP contribution in [0.4, 0.5) is 0 Å². The summed E-state index contributed by atoms with van der Waals surface area (Å²) in [6, 6.07) is 24.9. The molecule has 2 aromatic carbocycles. The Morgan fingerprint density at radius 2 is 1.00 bits per heavy atom. The van der Waals surface area contributed by atoms with Crippen molar-refractivity contribution in [1.82, 2.24) is 4.98 Å². The number of aromatic nitrogens is 1. The van der Waals surface area contributed by atoms with E-state index < -0.39 is 7.80 Å². The number of nitrogens with zero attached hydrogens (tertiary/aromatic N) is 1. The van der Waals surface area contributed by atoms with Gasteiger partial charge in [0.1, 0.15) is 7.80 Å². The molecule has 0 amide bonds. The van der Waals surface area contributed by atoms with E-state index in [-0.39, 0.29) is 0 Å². The van der Waals surface area contributed by atoms with Crippen molar-refractivity contribution in [2.45, 2.75) is 0 Å². The highest BCUT2D eigenvalue weighted by Crippen LogP contribution is 2.18. The van der Waals surface area contributed by atoms with Crippen molar-refractivity contribution in [2.75, 3.05) is 0 Å². The van der Waals surface area contributed by atoms with Crippen molar-refractivity contribution >= 4 is 18.4 Å². The van der Waals surface area contributed by atoms with E-state index in [1.807, 2.05) is 78.9 Å². The van der Waals surface area contributed by atoms with E-state index in [9.17, 15) is 4.57 Å². The van der Waals surface area contributed by atoms with Crippen LogP contribution in [0.3, 0.4) is 0 Å². The maximum absolute atomic E-state index is 12.0. The Kier molecular flexibility index (Phi) is 5.75. The van der Waals surface area contributed by atoms with Crippen molar-refractivity contribution in [2.24, 2.45) is 0 Å². The SMILES string of the molecule is O=[PH](c1ccccc1)c1ccccc1.c1ccncc1. The second-order valence-corrected chi connectivity index (χ2v) is 5.90. The molecule has 0 saturated heterocycles. The Labute approximate surface area is 119 Å². The predicted octanol–water partition coefficient (Wildman–Crippen LogP) is 3.28. The minimum Gasteiger partial charge on any atom is -0.317 e. The van der Waals surface area contributed by atoms with E-state index in [2.05, 4.69) is 4.98 Å². The van der Waals surface area contributed by atoms with Gasteiger partial charge in [0.2, 0.25) is 0 Å². The van der Waals surface area contributed by atoms with Crippen LogP contribution in [-0.2, 0) is 4.57 Å². The lowest BCUT2D eigenvalue weighted by Gasteiger charge is -2.01. The predicted molar refractivity (Wildman–Crippen MR) is 85.4 cm³/mol. The first-order valence-electron chi connectivity index (χ1n) is 6.38. The summed E-state index contributed by atoms with van der Waals surface area (Å²) in [6.45, 7) is 0. The average molecular weight is 281 g/mol. The fourth-order valence-corrected chi connectivity index (χ4v) is 2.98. The average Bonchev–Trinajstić information content (AvgIpc) is 2.58. The van der Waals surface area contributed by atoms with Gasteiger partial charge >= 0.3 is 0 Å². The lowest BCUT2D eigenvalue weighted by atomic mass is 10.4. The molecule has 0 bridgehead atoms. The Morgan fingerprint density at radius 3 is 1.30 bits per heavy atom. The summed E-state index contributed by atoms with van der Waals surface area (Å²) in [4.78, 5) is 3.78. The van der Waals surface area contributed by atoms with Gasteiger partial charge in [0, 0.05) is 23.0 Å². The van der Waals surface area contributed by atoms with Crippen LogP contribution in [0.25, 0.3) is 0 Å². The van der Waals surface area contributed by atoms with Crippen LogP contribution in [0, 0.1) is 0 Å². The molecular formula is C17H16NOP. The molecule has 0 saturated carbocycles. The molecule has 3 aromatic rings. The van der Waals surface area contributed by atoms with Crippen LogP contribution in [-0.4, -0.2) is 4.98 Å². The van der Waals surface area contributed by atoms with E-state index in [0.29, 0.717) is 0 Å². The van der Waals surface area contributed by atoms with E-state index in [4.69, 9.17) is 0 Å². The van der Waals surface area contributed by atoms with E-state index >= 15 is 0 Å². The van der Waals surface area contributed by atoms with Gasteiger partial charge in [-0.25, -0.2) is 0 Å². The zero-order valence-corrected chi connectivity index (χ0v) is 12.0. The molecule has 0 aliphatic heterocycles. The summed E-state index contributed by atoms with van der Waals surface area (Å²) < 4.78 is 12.0. The first-order chi connectivity index (χ1) is 9.88. The zero-order valence-electron chi connectivity index (χ0n) is 11.0.